The van der Waals surface area contributed by atoms with E-state index < -0.39 is 17.7 Å². The topological polar surface area (TPSA) is 98.8 Å². The van der Waals surface area contributed by atoms with Crippen molar-refractivity contribution in [2.45, 2.75) is 83.9 Å². The lowest BCUT2D eigenvalue weighted by molar-refractivity contribution is -0.132. The zero-order chi connectivity index (χ0) is 29.6. The predicted octanol–water partition coefficient (Wildman–Crippen LogP) is 5.80. The molecule has 3 N–H and O–H groups in total. The molecular weight excluding hydrogens is 516 g/mol. The molecule has 222 valence electrons. The smallest absolute Gasteiger partial charge is 0.407 e. The Morgan fingerprint density at radius 2 is 1.85 bits per heavy atom. The van der Waals surface area contributed by atoms with E-state index in [9.17, 15) is 9.59 Å². The number of nitrogens with zero attached hydrogens (tertiary/aromatic N) is 2. The molecule has 41 heavy (non-hydrogen) atoms. The number of hydrogen-bond acceptors (Lipinski definition) is 5. The summed E-state index contributed by atoms with van der Waals surface area (Å²) in [5.74, 6) is 0.294. The lowest BCUT2D eigenvalue weighted by atomic mass is 9.91. The minimum atomic E-state index is -0.625. The number of rotatable bonds is 10. The summed E-state index contributed by atoms with van der Waals surface area (Å²) in [6, 6.07) is 15.7. The number of nitrogen functional groups attached to an aromatic ring is 1. The summed E-state index contributed by atoms with van der Waals surface area (Å²) in [4.78, 5) is 28.4. The molecule has 2 atom stereocenters. The van der Waals surface area contributed by atoms with Crippen molar-refractivity contribution in [1.29, 1.82) is 0 Å². The van der Waals surface area contributed by atoms with Crippen LogP contribution in [0.3, 0.4) is 0 Å². The SMILES string of the molecule is COCCCn1c(C2CCCN(C(=O)C[C@@H](Cc3ccc(N)cc3)NC(=O)OC(C)(C)C)C2)c(C)c2ccccc21. The number of methoxy groups -OCH3 is 1. The average Bonchev–Trinajstić information content (AvgIpc) is 3.20. The van der Waals surface area contributed by atoms with E-state index in [0.717, 1.165) is 37.9 Å². The second kappa shape index (κ2) is 13.4. The number of para-hydroxylation sites is 1. The Balaban J connectivity index is 1.52. The first kappa shape index (κ1) is 30.4. The summed E-state index contributed by atoms with van der Waals surface area (Å²) < 4.78 is 13.3. The lowest BCUT2D eigenvalue weighted by Crippen LogP contribution is -2.46. The number of piperidine rings is 1. The van der Waals surface area contributed by atoms with E-state index in [1.807, 2.05) is 49.9 Å². The van der Waals surface area contributed by atoms with E-state index in [1.54, 1.807) is 7.11 Å². The number of amides is 2. The van der Waals surface area contributed by atoms with Gasteiger partial charge in [-0.3, -0.25) is 4.79 Å². The molecule has 2 aromatic carbocycles. The molecule has 1 aliphatic heterocycles. The monoisotopic (exact) mass is 562 g/mol. The summed E-state index contributed by atoms with van der Waals surface area (Å²) in [6.07, 6.45) is 3.11. The molecule has 8 heteroatoms. The molecule has 3 aromatic rings. The van der Waals surface area contributed by atoms with Gasteiger partial charge in [0.15, 0.2) is 0 Å². The minimum Gasteiger partial charge on any atom is -0.444 e. The first-order chi connectivity index (χ1) is 19.6. The van der Waals surface area contributed by atoms with Crippen molar-refractivity contribution in [2.75, 3.05) is 32.5 Å². The maximum atomic E-state index is 13.7. The van der Waals surface area contributed by atoms with E-state index in [0.29, 0.717) is 25.3 Å². The molecule has 1 saturated heterocycles. The van der Waals surface area contributed by atoms with Crippen LogP contribution in [-0.2, 0) is 27.2 Å². The maximum absolute atomic E-state index is 13.7. The number of carbonyl (C=O) groups is 2. The lowest BCUT2D eigenvalue weighted by Gasteiger charge is -2.35. The van der Waals surface area contributed by atoms with Crippen LogP contribution in [-0.4, -0.2) is 59.9 Å². The second-order valence-electron chi connectivity index (χ2n) is 12.2. The Morgan fingerprint density at radius 1 is 1.12 bits per heavy atom. The molecular formula is C33H46N4O4. The van der Waals surface area contributed by atoms with E-state index >= 15 is 0 Å². The van der Waals surface area contributed by atoms with Crippen LogP contribution < -0.4 is 11.1 Å². The van der Waals surface area contributed by atoms with E-state index in [2.05, 4.69) is 41.1 Å². The molecule has 1 fully saturated rings. The number of carbonyl (C=O) groups excluding carboxylic acids is 2. The van der Waals surface area contributed by atoms with Crippen molar-refractivity contribution in [3.63, 3.8) is 0 Å². The highest BCUT2D eigenvalue weighted by atomic mass is 16.6. The van der Waals surface area contributed by atoms with Gasteiger partial charge >= 0.3 is 6.09 Å². The highest BCUT2D eigenvalue weighted by Gasteiger charge is 2.31. The van der Waals surface area contributed by atoms with Crippen LogP contribution in [0.25, 0.3) is 10.9 Å². The molecule has 0 spiro atoms. The molecule has 1 aromatic heterocycles. The first-order valence-corrected chi connectivity index (χ1v) is 14.7. The van der Waals surface area contributed by atoms with Crippen LogP contribution >= 0.6 is 0 Å². The third kappa shape index (κ3) is 8.03. The maximum Gasteiger partial charge on any atom is 0.407 e. The highest BCUT2D eigenvalue weighted by molar-refractivity contribution is 5.85. The fourth-order valence-corrected chi connectivity index (χ4v) is 5.98. The molecule has 1 unspecified atom stereocenters. The van der Waals surface area contributed by atoms with Crippen LogP contribution in [0.5, 0.6) is 0 Å². The van der Waals surface area contributed by atoms with Crippen molar-refractivity contribution in [2.24, 2.45) is 0 Å². The van der Waals surface area contributed by atoms with Crippen LogP contribution in [0.2, 0.25) is 0 Å². The number of aromatic nitrogens is 1. The molecule has 0 aliphatic carbocycles. The normalized spacial score (nSPS) is 16.5. The number of alkyl carbamates (subject to hydrolysis) is 1. The third-order valence-corrected chi connectivity index (χ3v) is 7.77. The second-order valence-corrected chi connectivity index (χ2v) is 12.2. The van der Waals surface area contributed by atoms with Gasteiger partial charge in [0.1, 0.15) is 5.60 Å². The summed E-state index contributed by atoms with van der Waals surface area (Å²) in [5, 5.41) is 4.23. The predicted molar refractivity (Wildman–Crippen MR) is 164 cm³/mol. The van der Waals surface area contributed by atoms with E-state index in [4.69, 9.17) is 15.2 Å². The van der Waals surface area contributed by atoms with Gasteiger partial charge in [0.2, 0.25) is 5.91 Å². The number of benzene rings is 2. The fourth-order valence-electron chi connectivity index (χ4n) is 5.98. The Kier molecular flexibility index (Phi) is 9.97. The van der Waals surface area contributed by atoms with Gasteiger partial charge < -0.3 is 30.0 Å². The third-order valence-electron chi connectivity index (χ3n) is 7.77. The van der Waals surface area contributed by atoms with E-state index in [1.165, 1.54) is 22.2 Å². The van der Waals surface area contributed by atoms with Crippen molar-refractivity contribution >= 4 is 28.6 Å². The van der Waals surface area contributed by atoms with Gasteiger partial charge in [-0.15, -0.1) is 0 Å². The van der Waals surface area contributed by atoms with Gasteiger partial charge in [-0.25, -0.2) is 4.79 Å². The molecule has 0 bridgehead atoms. The number of nitrogens with one attached hydrogen (secondary N) is 1. The van der Waals surface area contributed by atoms with Crippen LogP contribution in [0.15, 0.2) is 48.5 Å². The number of anilines is 1. The van der Waals surface area contributed by atoms with Crippen LogP contribution in [0.4, 0.5) is 10.5 Å². The van der Waals surface area contributed by atoms with Crippen molar-refractivity contribution < 1.29 is 19.1 Å². The highest BCUT2D eigenvalue weighted by Crippen LogP contribution is 2.36. The first-order valence-electron chi connectivity index (χ1n) is 14.7. The van der Waals surface area contributed by atoms with Gasteiger partial charge in [0.05, 0.1) is 0 Å². The molecule has 0 saturated carbocycles. The quantitative estimate of drug-likeness (QED) is 0.240. The zero-order valence-electron chi connectivity index (χ0n) is 25.2. The summed E-state index contributed by atoms with van der Waals surface area (Å²) in [6.45, 7) is 10.7. The number of hydrogen-bond donors (Lipinski definition) is 2. The van der Waals surface area contributed by atoms with Gasteiger partial charge in [-0.05, 0) is 82.7 Å². The number of likely N-dealkylation sites (tertiary alicyclic amines) is 1. The number of nitrogens with two attached hydrogens (primary N) is 1. The standard InChI is InChI=1S/C33H46N4O4/c1-23-28-11-6-7-12-29(28)37(18-9-19-40-5)31(23)25-10-8-17-36(22-25)30(38)21-27(35-32(39)41-33(2,3)4)20-24-13-15-26(34)16-14-24/h6-7,11-16,25,27H,8-10,17-22,34H2,1-5H3,(H,35,39)/t25?,27-/m1/s1. The van der Waals surface area contributed by atoms with Crippen LogP contribution in [0.1, 0.15) is 69.2 Å². The van der Waals surface area contributed by atoms with Crippen molar-refractivity contribution in [1.82, 2.24) is 14.8 Å². The number of aryl methyl sites for hydroxylation is 2. The number of fused-ring (bicyclic) bond motifs is 1. The van der Waals surface area contributed by atoms with Crippen molar-refractivity contribution in [3.05, 3.63) is 65.4 Å². The van der Waals surface area contributed by atoms with Gasteiger partial charge in [-0.1, -0.05) is 30.3 Å². The fraction of sp³-hybridized carbons (Fsp3) is 0.515. The Labute approximate surface area is 244 Å². The number of ether oxygens (including phenoxy) is 2. The molecule has 2 amide bonds. The van der Waals surface area contributed by atoms with Gasteiger partial charge in [0.25, 0.3) is 0 Å². The molecule has 8 nitrogen and oxygen atoms in total. The Bertz CT molecular complexity index is 1330. The molecule has 4 rings (SSSR count). The summed E-state index contributed by atoms with van der Waals surface area (Å²) in [7, 11) is 1.74. The molecule has 1 aliphatic rings. The summed E-state index contributed by atoms with van der Waals surface area (Å²) in [5.41, 5.74) is 10.8. The zero-order valence-corrected chi connectivity index (χ0v) is 25.2. The van der Waals surface area contributed by atoms with Crippen LogP contribution in [0, 0.1) is 6.92 Å². The van der Waals surface area contributed by atoms with Crippen molar-refractivity contribution in [3.8, 4) is 0 Å². The minimum absolute atomic E-state index is 0.0471. The summed E-state index contributed by atoms with van der Waals surface area (Å²) >= 11 is 0. The van der Waals surface area contributed by atoms with E-state index in [-0.39, 0.29) is 18.2 Å². The van der Waals surface area contributed by atoms with Gasteiger partial charge in [0, 0.05) is 74.0 Å². The average molecular weight is 563 g/mol. The molecule has 0 radical (unpaired) electrons. The Morgan fingerprint density at radius 3 is 2.56 bits per heavy atom. The molecule has 2 heterocycles. The largest absolute Gasteiger partial charge is 0.444 e. The van der Waals surface area contributed by atoms with Gasteiger partial charge in [-0.2, -0.15) is 0 Å². The Hall–Kier alpha value is -3.52.